The molecule has 0 fully saturated rings. The van der Waals surface area contributed by atoms with Gasteiger partial charge in [-0.1, -0.05) is 53.6 Å². The largest absolute Gasteiger partial charge is 0.507 e. The van der Waals surface area contributed by atoms with E-state index in [-0.39, 0.29) is 29.4 Å². The molecule has 4 heteroatoms. The minimum atomic E-state index is -0.397. The van der Waals surface area contributed by atoms with Crippen molar-refractivity contribution in [3.05, 3.63) is 76.4 Å². The molecule has 0 bridgehead atoms. The van der Waals surface area contributed by atoms with Crippen LogP contribution in [-0.2, 0) is 0 Å². The number of rotatable bonds is 6. The van der Waals surface area contributed by atoms with Crippen LogP contribution in [0.5, 0.6) is 17.2 Å². The first kappa shape index (κ1) is 21.7. The van der Waals surface area contributed by atoms with E-state index in [9.17, 15) is 9.90 Å². The molecule has 2 aromatic rings. The van der Waals surface area contributed by atoms with E-state index in [0.717, 1.165) is 23.1 Å². The molecule has 1 N–H and O–H groups in total. The summed E-state index contributed by atoms with van der Waals surface area (Å²) in [4.78, 5) is 13.1. The third kappa shape index (κ3) is 4.28. The molecular weight excluding hydrogens is 376 g/mol. The van der Waals surface area contributed by atoms with Gasteiger partial charge in [-0.25, -0.2) is 0 Å². The maximum absolute atomic E-state index is 13.1. The number of hydrogen-bond donors (Lipinski definition) is 1. The molecule has 0 aliphatic carbocycles. The lowest BCUT2D eigenvalue weighted by Crippen LogP contribution is -2.23. The van der Waals surface area contributed by atoms with Gasteiger partial charge in [0.25, 0.3) is 0 Å². The Morgan fingerprint density at radius 2 is 1.97 bits per heavy atom. The zero-order valence-electron chi connectivity index (χ0n) is 18.4. The van der Waals surface area contributed by atoms with E-state index in [0.29, 0.717) is 11.5 Å². The third-order valence-corrected chi connectivity index (χ3v) is 5.68. The van der Waals surface area contributed by atoms with Gasteiger partial charge in [-0.2, -0.15) is 0 Å². The van der Waals surface area contributed by atoms with Gasteiger partial charge < -0.3 is 14.6 Å². The van der Waals surface area contributed by atoms with Gasteiger partial charge in [0.2, 0.25) is 0 Å². The Balaban J connectivity index is 2.21. The Morgan fingerprint density at radius 3 is 2.57 bits per heavy atom. The molecule has 0 radical (unpaired) electrons. The second-order valence-electron chi connectivity index (χ2n) is 7.96. The highest BCUT2D eigenvalue weighted by molar-refractivity contribution is 6.03. The molecule has 0 spiro atoms. The van der Waals surface area contributed by atoms with Crippen LogP contribution in [0, 0.1) is 0 Å². The molecule has 0 aromatic heterocycles. The van der Waals surface area contributed by atoms with Crippen LogP contribution in [0.2, 0.25) is 0 Å². The van der Waals surface area contributed by atoms with Crippen molar-refractivity contribution in [3.8, 4) is 17.2 Å². The minimum Gasteiger partial charge on any atom is -0.507 e. The third-order valence-electron chi connectivity index (χ3n) is 5.68. The lowest BCUT2D eigenvalue weighted by atomic mass is 9.83. The molecule has 0 unspecified atom stereocenters. The van der Waals surface area contributed by atoms with Crippen molar-refractivity contribution in [1.82, 2.24) is 0 Å². The van der Waals surface area contributed by atoms with Crippen molar-refractivity contribution >= 4 is 5.78 Å². The van der Waals surface area contributed by atoms with E-state index in [2.05, 4.69) is 32.9 Å². The van der Waals surface area contributed by atoms with Crippen molar-refractivity contribution < 1.29 is 19.4 Å². The summed E-state index contributed by atoms with van der Waals surface area (Å²) in [7, 11) is 1.58. The number of carbonyl (C=O) groups is 1. The molecule has 1 aliphatic rings. The maximum atomic E-state index is 13.1. The fourth-order valence-electron chi connectivity index (χ4n) is 3.92. The maximum Gasteiger partial charge on any atom is 0.174 e. The van der Waals surface area contributed by atoms with Crippen LogP contribution in [0.1, 0.15) is 74.0 Å². The number of hydrogen-bond acceptors (Lipinski definition) is 4. The topological polar surface area (TPSA) is 55.8 Å². The molecule has 158 valence electrons. The Hall–Kier alpha value is -3.01. The summed E-state index contributed by atoms with van der Waals surface area (Å²) in [6.07, 6.45) is 4.79. The molecule has 4 nitrogen and oxygen atoms in total. The number of carbonyl (C=O) groups excluding carboxylic acids is 1. The zero-order chi connectivity index (χ0) is 21.8. The molecule has 2 atom stereocenters. The molecule has 30 heavy (non-hydrogen) atoms. The van der Waals surface area contributed by atoms with Gasteiger partial charge in [0.05, 0.1) is 13.5 Å². The fourth-order valence-corrected chi connectivity index (χ4v) is 3.92. The lowest BCUT2D eigenvalue weighted by Gasteiger charge is -2.31. The highest BCUT2D eigenvalue weighted by Gasteiger charge is 2.36. The fraction of sp³-hybridized carbons (Fsp3) is 0.346. The van der Waals surface area contributed by atoms with Gasteiger partial charge >= 0.3 is 0 Å². The van der Waals surface area contributed by atoms with Crippen LogP contribution in [0.3, 0.4) is 0 Å². The van der Waals surface area contributed by atoms with Crippen molar-refractivity contribution in [3.63, 3.8) is 0 Å². The highest BCUT2D eigenvalue weighted by atomic mass is 16.5. The van der Waals surface area contributed by atoms with Crippen LogP contribution < -0.4 is 9.47 Å². The standard InChI is InChI=1S/C26H30O4/c1-6-17(4)19(13-12-16(2)3)24-23(29-5)15-21(28)25-20(27)14-22(30-26(24)25)18-10-8-7-9-11-18/h6-12,15,19,22,28H,13-14H2,1-5H3/b17-6+/t19-,22+/m1/s1. The summed E-state index contributed by atoms with van der Waals surface area (Å²) in [5.74, 6) is 0.717. The van der Waals surface area contributed by atoms with Crippen molar-refractivity contribution in [2.24, 2.45) is 0 Å². The zero-order valence-corrected chi connectivity index (χ0v) is 18.4. The summed E-state index contributed by atoms with van der Waals surface area (Å²) in [6.45, 7) is 8.21. The second kappa shape index (κ2) is 9.21. The van der Waals surface area contributed by atoms with Gasteiger partial charge in [-0.05, 0) is 39.7 Å². The molecule has 1 aliphatic heterocycles. The highest BCUT2D eigenvalue weighted by Crippen LogP contribution is 2.50. The Morgan fingerprint density at radius 1 is 1.27 bits per heavy atom. The van der Waals surface area contributed by atoms with Gasteiger partial charge in [0.15, 0.2) is 5.78 Å². The number of ether oxygens (including phenoxy) is 2. The monoisotopic (exact) mass is 406 g/mol. The van der Waals surface area contributed by atoms with Crippen LogP contribution in [0.4, 0.5) is 0 Å². The normalized spacial score (nSPS) is 17.0. The SMILES string of the molecule is C/C=C(\C)[C@@H](CC=C(C)C)c1c(OC)cc(O)c2c1O[C@H](c1ccccc1)CC2=O. The summed E-state index contributed by atoms with van der Waals surface area (Å²) < 4.78 is 12.1. The number of phenolic OH excluding ortho intramolecular Hbond substituents is 1. The molecule has 0 saturated carbocycles. The minimum absolute atomic E-state index is 0.0310. The van der Waals surface area contributed by atoms with Gasteiger partial charge in [-0.15, -0.1) is 0 Å². The van der Waals surface area contributed by atoms with Crippen molar-refractivity contribution in [2.45, 2.75) is 52.6 Å². The predicted octanol–water partition coefficient (Wildman–Crippen LogP) is 6.51. The summed E-state index contributed by atoms with van der Waals surface area (Å²) >= 11 is 0. The van der Waals surface area contributed by atoms with Crippen LogP contribution in [0.25, 0.3) is 0 Å². The number of aromatic hydroxyl groups is 1. The van der Waals surface area contributed by atoms with Gasteiger partial charge in [0, 0.05) is 17.5 Å². The molecule has 2 aromatic carbocycles. The molecule has 3 rings (SSSR count). The van der Waals surface area contributed by atoms with Crippen molar-refractivity contribution in [2.75, 3.05) is 7.11 Å². The Labute approximate surface area is 178 Å². The van der Waals surface area contributed by atoms with Gasteiger partial charge in [0.1, 0.15) is 28.9 Å². The number of phenols is 1. The van der Waals surface area contributed by atoms with Gasteiger partial charge in [-0.3, -0.25) is 4.79 Å². The quantitative estimate of drug-likeness (QED) is 0.555. The second-order valence-corrected chi connectivity index (χ2v) is 7.96. The van der Waals surface area contributed by atoms with Crippen LogP contribution >= 0.6 is 0 Å². The average molecular weight is 407 g/mol. The molecular formula is C26H30O4. The first-order valence-corrected chi connectivity index (χ1v) is 10.3. The molecule has 0 saturated heterocycles. The van der Waals surface area contributed by atoms with E-state index in [1.165, 1.54) is 11.6 Å². The van der Waals surface area contributed by atoms with Crippen molar-refractivity contribution in [1.29, 1.82) is 0 Å². The molecule has 0 amide bonds. The van der Waals surface area contributed by atoms with E-state index in [1.807, 2.05) is 37.3 Å². The Kier molecular flexibility index (Phi) is 6.66. The number of benzene rings is 2. The van der Waals surface area contributed by atoms with E-state index in [4.69, 9.17) is 9.47 Å². The Bertz CT molecular complexity index is 982. The van der Waals surface area contributed by atoms with Crippen LogP contribution in [-0.4, -0.2) is 18.0 Å². The number of allylic oxidation sites excluding steroid dienone is 4. The smallest absolute Gasteiger partial charge is 0.174 e. The average Bonchev–Trinajstić information content (AvgIpc) is 2.74. The predicted molar refractivity (Wildman–Crippen MR) is 120 cm³/mol. The first-order chi connectivity index (χ1) is 14.4. The number of ketones is 1. The summed E-state index contributed by atoms with van der Waals surface area (Å²) in [5.41, 5.74) is 4.37. The lowest BCUT2D eigenvalue weighted by molar-refractivity contribution is 0.0841. The van der Waals surface area contributed by atoms with E-state index in [1.54, 1.807) is 7.11 Å². The van der Waals surface area contributed by atoms with Crippen LogP contribution in [0.15, 0.2) is 59.7 Å². The summed E-state index contributed by atoms with van der Waals surface area (Å²) in [5, 5.41) is 10.6. The summed E-state index contributed by atoms with van der Waals surface area (Å²) in [6, 6.07) is 11.3. The molecule has 1 heterocycles. The number of methoxy groups -OCH3 is 1. The van der Waals surface area contributed by atoms with E-state index >= 15 is 0 Å². The first-order valence-electron chi connectivity index (χ1n) is 10.3. The number of Topliss-reactive ketones (excluding diaryl/α,β-unsaturated/α-hetero) is 1. The van der Waals surface area contributed by atoms with E-state index < -0.39 is 6.10 Å². The number of fused-ring (bicyclic) bond motifs is 1.